The van der Waals surface area contributed by atoms with Gasteiger partial charge in [0.2, 0.25) is 5.91 Å². The van der Waals surface area contributed by atoms with Gasteiger partial charge >= 0.3 is 5.69 Å². The first-order valence-corrected chi connectivity index (χ1v) is 9.22. The third-order valence-electron chi connectivity index (χ3n) is 4.10. The number of thioether (sulfide) groups is 1. The summed E-state index contributed by atoms with van der Waals surface area (Å²) in [6.45, 7) is 4.98. The van der Waals surface area contributed by atoms with E-state index in [1.54, 1.807) is 11.5 Å². The van der Waals surface area contributed by atoms with Crippen LogP contribution in [0.2, 0.25) is 0 Å². The van der Waals surface area contributed by atoms with Gasteiger partial charge in [-0.3, -0.25) is 9.36 Å². The van der Waals surface area contributed by atoms with Gasteiger partial charge in [0.15, 0.2) is 5.16 Å². The largest absolute Gasteiger partial charge is 0.376 e. The number of carbonyl (C=O) groups excluding carboxylic acids is 1. The maximum Gasteiger partial charge on any atom is 0.344 e. The Morgan fingerprint density at radius 3 is 2.92 bits per heavy atom. The number of rotatable bonds is 6. The zero-order chi connectivity index (χ0) is 17.8. The Kier molecular flexibility index (Phi) is 5.60. The van der Waals surface area contributed by atoms with E-state index >= 15 is 0 Å². The van der Waals surface area contributed by atoms with Crippen LogP contribution < -0.4 is 11.0 Å². The minimum Gasteiger partial charge on any atom is -0.376 e. The number of anilines is 1. The van der Waals surface area contributed by atoms with Crippen LogP contribution in [-0.4, -0.2) is 38.6 Å². The van der Waals surface area contributed by atoms with Crippen molar-refractivity contribution < 1.29 is 9.53 Å². The third kappa shape index (κ3) is 4.52. The number of nitrogens with zero attached hydrogens (tertiary/aromatic N) is 2. The smallest absolute Gasteiger partial charge is 0.344 e. The SMILES string of the molecule is Cc1ccc(NC(=O)[C@@H](C)Sc2n[nH]c(=O)n2C[C@@H]2CCCO2)cc1. The van der Waals surface area contributed by atoms with Crippen LogP contribution in [0.5, 0.6) is 0 Å². The predicted molar refractivity (Wildman–Crippen MR) is 96.9 cm³/mol. The van der Waals surface area contributed by atoms with Crippen LogP contribution in [0.15, 0.2) is 34.2 Å². The van der Waals surface area contributed by atoms with Gasteiger partial charge in [-0.05, 0) is 38.8 Å². The number of hydrogen-bond donors (Lipinski definition) is 2. The van der Waals surface area contributed by atoms with Crippen molar-refractivity contribution in [1.82, 2.24) is 14.8 Å². The topological polar surface area (TPSA) is 89.0 Å². The molecular formula is C17H22N4O3S. The first kappa shape index (κ1) is 17.8. The molecule has 0 bridgehead atoms. The number of benzene rings is 1. The number of aryl methyl sites for hydroxylation is 1. The Morgan fingerprint density at radius 1 is 1.48 bits per heavy atom. The number of H-pyrrole nitrogens is 1. The van der Waals surface area contributed by atoms with Crippen LogP contribution in [0.3, 0.4) is 0 Å². The van der Waals surface area contributed by atoms with Gasteiger partial charge in [-0.1, -0.05) is 29.5 Å². The molecule has 0 radical (unpaired) electrons. The zero-order valence-electron chi connectivity index (χ0n) is 14.3. The van der Waals surface area contributed by atoms with Gasteiger partial charge < -0.3 is 10.1 Å². The van der Waals surface area contributed by atoms with Crippen LogP contribution in [0, 0.1) is 6.92 Å². The lowest BCUT2D eigenvalue weighted by Crippen LogP contribution is -2.26. The second-order valence-electron chi connectivity index (χ2n) is 6.17. The van der Waals surface area contributed by atoms with Crippen LogP contribution in [-0.2, 0) is 16.1 Å². The lowest BCUT2D eigenvalue weighted by molar-refractivity contribution is -0.115. The van der Waals surface area contributed by atoms with Gasteiger partial charge in [0.05, 0.1) is 17.9 Å². The molecule has 3 rings (SSSR count). The lowest BCUT2D eigenvalue weighted by Gasteiger charge is -2.14. The molecule has 1 fully saturated rings. The van der Waals surface area contributed by atoms with E-state index in [1.807, 2.05) is 31.2 Å². The first-order valence-electron chi connectivity index (χ1n) is 8.34. The molecule has 2 heterocycles. The molecule has 1 aromatic carbocycles. The number of amides is 1. The number of hydrogen-bond acceptors (Lipinski definition) is 5. The number of ether oxygens (including phenoxy) is 1. The summed E-state index contributed by atoms with van der Waals surface area (Å²) in [4.78, 5) is 24.4. The van der Waals surface area contributed by atoms with E-state index in [0.29, 0.717) is 11.7 Å². The maximum absolute atomic E-state index is 12.4. The highest BCUT2D eigenvalue weighted by Crippen LogP contribution is 2.23. The van der Waals surface area contributed by atoms with Gasteiger partial charge in [0, 0.05) is 12.3 Å². The molecule has 1 aromatic heterocycles. The second-order valence-corrected chi connectivity index (χ2v) is 7.48. The fraction of sp³-hybridized carbons (Fsp3) is 0.471. The highest BCUT2D eigenvalue weighted by molar-refractivity contribution is 8.00. The molecule has 8 heteroatoms. The molecular weight excluding hydrogens is 340 g/mol. The van der Waals surface area contributed by atoms with E-state index in [1.165, 1.54) is 11.8 Å². The van der Waals surface area contributed by atoms with Crippen molar-refractivity contribution in [2.45, 2.75) is 49.7 Å². The number of nitrogens with one attached hydrogen (secondary N) is 2. The van der Waals surface area contributed by atoms with E-state index in [9.17, 15) is 9.59 Å². The second kappa shape index (κ2) is 7.88. The number of aromatic amines is 1. The fourth-order valence-corrected chi connectivity index (χ4v) is 3.50. The molecule has 0 aliphatic carbocycles. The van der Waals surface area contributed by atoms with E-state index < -0.39 is 0 Å². The van der Waals surface area contributed by atoms with Gasteiger partial charge in [-0.15, -0.1) is 5.10 Å². The summed E-state index contributed by atoms with van der Waals surface area (Å²) in [6, 6.07) is 7.62. The van der Waals surface area contributed by atoms with Crippen molar-refractivity contribution in [1.29, 1.82) is 0 Å². The molecule has 1 saturated heterocycles. The predicted octanol–water partition coefficient (Wildman–Crippen LogP) is 2.18. The molecule has 0 saturated carbocycles. The Labute approximate surface area is 150 Å². The molecule has 134 valence electrons. The maximum atomic E-state index is 12.4. The molecule has 0 spiro atoms. The molecule has 7 nitrogen and oxygen atoms in total. The summed E-state index contributed by atoms with van der Waals surface area (Å²) in [7, 11) is 0. The molecule has 2 atom stereocenters. The van der Waals surface area contributed by atoms with Crippen molar-refractivity contribution in [3.8, 4) is 0 Å². The van der Waals surface area contributed by atoms with Crippen LogP contribution >= 0.6 is 11.8 Å². The minimum atomic E-state index is -0.389. The first-order chi connectivity index (χ1) is 12.0. The van der Waals surface area contributed by atoms with Gasteiger partial charge in [-0.25, -0.2) is 9.89 Å². The van der Waals surface area contributed by atoms with Crippen molar-refractivity contribution in [3.05, 3.63) is 40.3 Å². The Hall–Kier alpha value is -2.06. The van der Waals surface area contributed by atoms with Crippen LogP contribution in [0.25, 0.3) is 0 Å². The standard InChI is InChI=1S/C17H22N4O3S/c1-11-5-7-13(8-6-11)18-15(22)12(2)25-17-20-19-16(23)21(17)10-14-4-3-9-24-14/h5-8,12,14H,3-4,9-10H2,1-2H3,(H,18,22)(H,19,23)/t12-,14+/m1/s1. The average Bonchev–Trinajstić information content (AvgIpc) is 3.22. The van der Waals surface area contributed by atoms with Crippen LogP contribution in [0.1, 0.15) is 25.3 Å². The average molecular weight is 362 g/mol. The molecule has 1 amide bonds. The monoisotopic (exact) mass is 362 g/mol. The van der Waals surface area contributed by atoms with E-state index in [4.69, 9.17) is 4.74 Å². The number of carbonyl (C=O) groups is 1. The van der Waals surface area contributed by atoms with E-state index in [0.717, 1.165) is 30.7 Å². The molecule has 25 heavy (non-hydrogen) atoms. The zero-order valence-corrected chi connectivity index (χ0v) is 15.1. The summed E-state index contributed by atoms with van der Waals surface area (Å²) in [5.41, 5.74) is 1.61. The quantitative estimate of drug-likeness (QED) is 0.769. The molecule has 2 N–H and O–H groups in total. The van der Waals surface area contributed by atoms with E-state index in [-0.39, 0.29) is 23.0 Å². The normalized spacial score (nSPS) is 18.2. The summed E-state index contributed by atoms with van der Waals surface area (Å²) < 4.78 is 7.14. The Bertz CT molecular complexity index is 778. The lowest BCUT2D eigenvalue weighted by atomic mass is 10.2. The van der Waals surface area contributed by atoms with Crippen molar-refractivity contribution >= 4 is 23.4 Å². The van der Waals surface area contributed by atoms with Crippen molar-refractivity contribution in [3.63, 3.8) is 0 Å². The van der Waals surface area contributed by atoms with Gasteiger partial charge in [0.25, 0.3) is 0 Å². The molecule has 1 aliphatic rings. The van der Waals surface area contributed by atoms with Crippen molar-refractivity contribution in [2.24, 2.45) is 0 Å². The summed E-state index contributed by atoms with van der Waals surface area (Å²) in [6.07, 6.45) is 1.98. The molecule has 0 unspecified atom stereocenters. The summed E-state index contributed by atoms with van der Waals surface area (Å²) in [5, 5.41) is 9.51. The summed E-state index contributed by atoms with van der Waals surface area (Å²) >= 11 is 1.26. The minimum absolute atomic E-state index is 0.0336. The highest BCUT2D eigenvalue weighted by atomic mass is 32.2. The van der Waals surface area contributed by atoms with Gasteiger partial charge in [0.1, 0.15) is 0 Å². The van der Waals surface area contributed by atoms with Crippen LogP contribution in [0.4, 0.5) is 5.69 Å². The van der Waals surface area contributed by atoms with E-state index in [2.05, 4.69) is 15.5 Å². The van der Waals surface area contributed by atoms with Gasteiger partial charge in [-0.2, -0.15) is 0 Å². The Balaban J connectivity index is 1.63. The highest BCUT2D eigenvalue weighted by Gasteiger charge is 2.22. The molecule has 1 aliphatic heterocycles. The Morgan fingerprint density at radius 2 is 2.24 bits per heavy atom. The third-order valence-corrected chi connectivity index (χ3v) is 5.19. The number of aromatic nitrogens is 3. The fourth-order valence-electron chi connectivity index (χ4n) is 2.64. The van der Waals surface area contributed by atoms with Crippen molar-refractivity contribution in [2.75, 3.05) is 11.9 Å². The summed E-state index contributed by atoms with van der Waals surface area (Å²) in [5.74, 6) is -0.132. The molecule has 2 aromatic rings.